The van der Waals surface area contributed by atoms with Crippen LogP contribution in [0.3, 0.4) is 0 Å². The lowest BCUT2D eigenvalue weighted by Crippen LogP contribution is -2.42. The van der Waals surface area contributed by atoms with Crippen LogP contribution < -0.4 is 32.0 Å². The summed E-state index contributed by atoms with van der Waals surface area (Å²) in [6, 6.07) is 1.40. The normalized spacial score (nSPS) is 12.0. The lowest BCUT2D eigenvalue weighted by molar-refractivity contribution is -0.386. The average Bonchev–Trinajstić information content (AvgIpc) is 2.82. The highest BCUT2D eigenvalue weighted by Crippen LogP contribution is 2.38. The first-order chi connectivity index (χ1) is 17.0. The first kappa shape index (κ1) is 29.7. The van der Waals surface area contributed by atoms with E-state index in [0.717, 1.165) is 13.2 Å². The van der Waals surface area contributed by atoms with Gasteiger partial charge in [0.05, 0.1) is 37.4 Å². The molecule has 15 nitrogen and oxygen atoms in total. The van der Waals surface area contributed by atoms with E-state index in [1.54, 1.807) is 0 Å². The summed E-state index contributed by atoms with van der Waals surface area (Å²) >= 11 is 0. The Morgan fingerprint density at radius 1 is 1.14 bits per heavy atom. The first-order valence-corrected chi connectivity index (χ1v) is 10.9. The summed E-state index contributed by atoms with van der Waals surface area (Å²) in [6.45, 7) is 1.72. The second kappa shape index (κ2) is 14.9. The maximum absolute atomic E-state index is 12.5. The van der Waals surface area contributed by atoms with Gasteiger partial charge in [-0.15, -0.1) is 0 Å². The number of amides is 2. The molecule has 0 bridgehead atoms. The number of nitro groups is 1. The van der Waals surface area contributed by atoms with Gasteiger partial charge in [0.2, 0.25) is 5.91 Å². The van der Waals surface area contributed by atoms with Crippen LogP contribution in [-0.2, 0) is 19.1 Å². The zero-order valence-electron chi connectivity index (χ0n) is 20.4. The standard InChI is InChI=1S/C21H32N6O9/c1-12(36-21(30)26-14(19(29)34-3)6-4-8-25-20(23)24)13-10-16(33-2)17(11-15(13)27(31)32)35-9-5-7-18(22)28/h10-12,14H,4-9H2,1-3H3,(H2,22,28)(H,26,30)(H4,23,24,25). The van der Waals surface area contributed by atoms with Gasteiger partial charge in [0.25, 0.3) is 5.69 Å². The van der Waals surface area contributed by atoms with Crippen LogP contribution in [0.2, 0.25) is 0 Å². The van der Waals surface area contributed by atoms with Crippen molar-refractivity contribution in [2.75, 3.05) is 27.4 Å². The van der Waals surface area contributed by atoms with Gasteiger partial charge in [-0.2, -0.15) is 0 Å². The van der Waals surface area contributed by atoms with Crippen LogP contribution >= 0.6 is 0 Å². The molecule has 1 aromatic rings. The maximum Gasteiger partial charge on any atom is 0.408 e. The number of alkyl carbamates (subject to hydrolysis) is 1. The molecule has 1 aromatic carbocycles. The highest BCUT2D eigenvalue weighted by Gasteiger charge is 2.28. The minimum Gasteiger partial charge on any atom is -0.493 e. The number of aliphatic imine (C=N–C) groups is 1. The van der Waals surface area contributed by atoms with Crippen LogP contribution in [0.4, 0.5) is 10.5 Å². The van der Waals surface area contributed by atoms with E-state index in [1.807, 2.05) is 0 Å². The molecule has 0 aliphatic rings. The monoisotopic (exact) mass is 512 g/mol. The Kier molecular flexibility index (Phi) is 12.3. The summed E-state index contributed by atoms with van der Waals surface area (Å²) in [6.07, 6.45) is -1.20. The van der Waals surface area contributed by atoms with E-state index >= 15 is 0 Å². The molecule has 0 aliphatic heterocycles. The number of nitrogens with two attached hydrogens (primary N) is 3. The fraction of sp³-hybridized carbons (Fsp3) is 0.524. The maximum atomic E-state index is 12.5. The molecule has 200 valence electrons. The summed E-state index contributed by atoms with van der Waals surface area (Å²) in [5.74, 6) is -1.10. The number of nitrogens with zero attached hydrogens (tertiary/aromatic N) is 2. The molecule has 1 rings (SSSR count). The minimum atomic E-state index is -1.11. The minimum absolute atomic E-state index is 0.0267. The van der Waals surface area contributed by atoms with Crippen LogP contribution in [0, 0.1) is 10.1 Å². The third-order valence-corrected chi connectivity index (χ3v) is 4.78. The second-order valence-corrected chi connectivity index (χ2v) is 7.45. The fourth-order valence-electron chi connectivity index (χ4n) is 3.04. The topological polar surface area (TPSA) is 234 Å². The van der Waals surface area contributed by atoms with Gasteiger partial charge in [-0.3, -0.25) is 19.9 Å². The lowest BCUT2D eigenvalue weighted by Gasteiger charge is -2.20. The molecular weight excluding hydrogens is 480 g/mol. The van der Waals surface area contributed by atoms with Crippen molar-refractivity contribution >= 4 is 29.6 Å². The van der Waals surface area contributed by atoms with Crippen molar-refractivity contribution in [3.8, 4) is 11.5 Å². The molecule has 2 atom stereocenters. The summed E-state index contributed by atoms with van der Waals surface area (Å²) in [4.78, 5) is 50.2. The van der Waals surface area contributed by atoms with Gasteiger partial charge >= 0.3 is 12.1 Å². The zero-order chi connectivity index (χ0) is 27.3. The number of rotatable bonds is 15. The number of nitrogens with one attached hydrogen (secondary N) is 1. The largest absolute Gasteiger partial charge is 0.493 e. The molecular formula is C21H32N6O9. The molecule has 0 saturated heterocycles. The molecule has 0 fully saturated rings. The Bertz CT molecular complexity index is 965. The second-order valence-electron chi connectivity index (χ2n) is 7.45. The molecule has 0 saturated carbocycles. The number of carbonyl (C=O) groups is 3. The molecule has 2 unspecified atom stereocenters. The van der Waals surface area contributed by atoms with Crippen molar-refractivity contribution in [3.05, 3.63) is 27.8 Å². The van der Waals surface area contributed by atoms with E-state index in [4.69, 9.17) is 31.4 Å². The summed E-state index contributed by atoms with van der Waals surface area (Å²) in [7, 11) is 2.50. The van der Waals surface area contributed by atoms with Crippen molar-refractivity contribution < 1.29 is 38.3 Å². The average molecular weight is 513 g/mol. The van der Waals surface area contributed by atoms with Crippen molar-refractivity contribution in [1.82, 2.24) is 5.32 Å². The Balaban J connectivity index is 2.98. The van der Waals surface area contributed by atoms with Crippen molar-refractivity contribution in [2.24, 2.45) is 22.2 Å². The predicted octanol–water partition coefficient (Wildman–Crippen LogP) is 0.630. The van der Waals surface area contributed by atoms with Crippen LogP contribution in [-0.4, -0.2) is 62.3 Å². The number of guanidine groups is 1. The van der Waals surface area contributed by atoms with E-state index in [9.17, 15) is 24.5 Å². The van der Waals surface area contributed by atoms with Crippen LogP contribution in [0.5, 0.6) is 11.5 Å². The van der Waals surface area contributed by atoms with Gasteiger partial charge < -0.3 is 41.5 Å². The highest BCUT2D eigenvalue weighted by molar-refractivity contribution is 5.81. The number of esters is 1. The molecule has 2 amide bonds. The number of hydrogen-bond donors (Lipinski definition) is 4. The van der Waals surface area contributed by atoms with Crippen LogP contribution in [0.25, 0.3) is 0 Å². The number of carbonyl (C=O) groups excluding carboxylic acids is 3. The predicted molar refractivity (Wildman–Crippen MR) is 127 cm³/mol. The summed E-state index contributed by atoms with van der Waals surface area (Å²) < 4.78 is 20.7. The molecule has 0 heterocycles. The Hall–Kier alpha value is -4.30. The molecule has 36 heavy (non-hydrogen) atoms. The quantitative estimate of drug-likeness (QED) is 0.0635. The number of primary amides is 1. The van der Waals surface area contributed by atoms with Crippen molar-refractivity contribution in [3.63, 3.8) is 0 Å². The molecule has 7 N–H and O–H groups in total. The zero-order valence-corrected chi connectivity index (χ0v) is 20.4. The Morgan fingerprint density at radius 3 is 2.39 bits per heavy atom. The van der Waals surface area contributed by atoms with E-state index in [2.05, 4.69) is 15.0 Å². The van der Waals surface area contributed by atoms with E-state index in [0.29, 0.717) is 12.8 Å². The fourth-order valence-corrected chi connectivity index (χ4v) is 3.04. The highest BCUT2D eigenvalue weighted by atomic mass is 16.6. The molecule has 15 heteroatoms. The summed E-state index contributed by atoms with van der Waals surface area (Å²) in [5.41, 5.74) is 15.2. The van der Waals surface area contributed by atoms with Gasteiger partial charge in [-0.25, -0.2) is 9.59 Å². The third kappa shape index (κ3) is 9.90. The number of nitro benzene ring substituents is 1. The van der Waals surface area contributed by atoms with E-state index in [-0.39, 0.29) is 54.7 Å². The Morgan fingerprint density at radius 2 is 1.83 bits per heavy atom. The Labute approximate surface area is 207 Å². The number of methoxy groups -OCH3 is 2. The summed E-state index contributed by atoms with van der Waals surface area (Å²) in [5, 5.41) is 14.1. The van der Waals surface area contributed by atoms with Crippen molar-refractivity contribution in [2.45, 2.75) is 44.8 Å². The van der Waals surface area contributed by atoms with Crippen LogP contribution in [0.15, 0.2) is 17.1 Å². The van der Waals surface area contributed by atoms with Gasteiger partial charge in [-0.05, 0) is 32.3 Å². The van der Waals surface area contributed by atoms with E-state index < -0.39 is 35.0 Å². The number of hydrogen-bond acceptors (Lipinski definition) is 10. The third-order valence-electron chi connectivity index (χ3n) is 4.78. The molecule has 0 aliphatic carbocycles. The number of ether oxygens (including phenoxy) is 4. The van der Waals surface area contributed by atoms with Crippen molar-refractivity contribution in [1.29, 1.82) is 0 Å². The molecule has 0 aromatic heterocycles. The van der Waals surface area contributed by atoms with Gasteiger partial charge in [0.15, 0.2) is 17.5 Å². The van der Waals surface area contributed by atoms with Gasteiger partial charge in [0.1, 0.15) is 12.1 Å². The number of benzene rings is 1. The smallest absolute Gasteiger partial charge is 0.408 e. The molecule has 0 radical (unpaired) electrons. The lowest BCUT2D eigenvalue weighted by atomic mass is 10.1. The molecule has 0 spiro atoms. The first-order valence-electron chi connectivity index (χ1n) is 10.9. The van der Waals surface area contributed by atoms with Gasteiger partial charge in [-0.1, -0.05) is 0 Å². The SMILES string of the molecule is COC(=O)C(CCCN=C(N)N)NC(=O)OC(C)c1cc(OC)c(OCCCC(N)=O)cc1[N+](=O)[O-]. The van der Waals surface area contributed by atoms with E-state index in [1.165, 1.54) is 20.1 Å². The van der Waals surface area contributed by atoms with Gasteiger partial charge in [0, 0.05) is 13.0 Å². The van der Waals surface area contributed by atoms with Crippen LogP contribution in [0.1, 0.15) is 44.3 Å².